The number of hydrogen-bond acceptors (Lipinski definition) is 0. The highest BCUT2D eigenvalue weighted by molar-refractivity contribution is 7.15. The molecule has 1 heteroatoms. The molecule has 0 saturated heterocycles. The van der Waals surface area contributed by atoms with Crippen LogP contribution >= 0.6 is 9.24 Å². The topological polar surface area (TPSA) is 0 Å². The molecule has 17 heavy (non-hydrogen) atoms. The molecule has 0 saturated carbocycles. The summed E-state index contributed by atoms with van der Waals surface area (Å²) < 4.78 is 0. The molecule has 2 rings (SSSR count). The number of aryl methyl sites for hydroxylation is 1. The molecular formula is C16H19P. The van der Waals surface area contributed by atoms with Crippen LogP contribution < -0.4 is 0 Å². The van der Waals surface area contributed by atoms with Crippen LogP contribution in [0.1, 0.15) is 29.2 Å². The lowest BCUT2D eigenvalue weighted by atomic mass is 10.0. The summed E-state index contributed by atoms with van der Waals surface area (Å²) in [5.41, 5.74) is 5.56. The highest BCUT2D eigenvalue weighted by Gasteiger charge is 1.97. The fourth-order valence-corrected chi connectivity index (χ4v) is 2.19. The molecule has 0 N–H and O–H groups in total. The first-order valence-electron chi connectivity index (χ1n) is 6.17. The predicted molar refractivity (Wildman–Crippen MR) is 78.5 cm³/mol. The van der Waals surface area contributed by atoms with Crippen molar-refractivity contribution in [2.45, 2.75) is 25.9 Å². The van der Waals surface area contributed by atoms with Crippen LogP contribution in [0.2, 0.25) is 0 Å². The summed E-state index contributed by atoms with van der Waals surface area (Å²) in [4.78, 5) is 0. The molecule has 1 unspecified atom stereocenters. The quantitative estimate of drug-likeness (QED) is 0.704. The van der Waals surface area contributed by atoms with Crippen molar-refractivity contribution in [2.75, 3.05) is 0 Å². The summed E-state index contributed by atoms with van der Waals surface area (Å²) in [6, 6.07) is 17.8. The van der Waals surface area contributed by atoms with Crippen LogP contribution in [0.3, 0.4) is 0 Å². The van der Waals surface area contributed by atoms with Crippen molar-refractivity contribution in [3.05, 3.63) is 70.8 Å². The minimum Gasteiger partial charge on any atom is -0.133 e. The number of rotatable bonds is 4. The molecule has 1 atom stereocenters. The van der Waals surface area contributed by atoms with E-state index in [0.717, 1.165) is 19.0 Å². The molecule has 0 aliphatic heterocycles. The fraction of sp³-hybridized carbons (Fsp3) is 0.250. The van der Waals surface area contributed by atoms with Gasteiger partial charge in [-0.3, -0.25) is 0 Å². The van der Waals surface area contributed by atoms with Gasteiger partial charge in [-0.1, -0.05) is 55.5 Å². The number of benzene rings is 2. The molecule has 0 aromatic heterocycles. The molecule has 0 aliphatic rings. The summed E-state index contributed by atoms with van der Waals surface area (Å²) in [7, 11) is 2.76. The summed E-state index contributed by atoms with van der Waals surface area (Å²) in [6.45, 7) is 2.19. The predicted octanol–water partition coefficient (Wildman–Crippen LogP) is 4.21. The van der Waals surface area contributed by atoms with Gasteiger partial charge in [0.2, 0.25) is 0 Å². The van der Waals surface area contributed by atoms with E-state index in [-0.39, 0.29) is 0 Å². The van der Waals surface area contributed by atoms with E-state index in [1.165, 1.54) is 22.3 Å². The van der Waals surface area contributed by atoms with Crippen molar-refractivity contribution in [1.82, 2.24) is 0 Å². The monoisotopic (exact) mass is 242 g/mol. The molecule has 0 spiro atoms. The minimum absolute atomic E-state index is 1.03. The normalized spacial score (nSPS) is 10.5. The van der Waals surface area contributed by atoms with Gasteiger partial charge in [0.05, 0.1) is 0 Å². The molecule has 0 bridgehead atoms. The SMILES string of the molecule is CCc1ccc(Cc2ccc(CP)cc2)cc1. The van der Waals surface area contributed by atoms with Gasteiger partial charge in [-0.2, -0.15) is 0 Å². The average molecular weight is 242 g/mol. The molecule has 0 fully saturated rings. The Morgan fingerprint density at radius 2 is 1.12 bits per heavy atom. The van der Waals surface area contributed by atoms with Gasteiger partial charge in [-0.25, -0.2) is 0 Å². The van der Waals surface area contributed by atoms with E-state index in [1.807, 2.05) is 0 Å². The maximum atomic E-state index is 2.76. The Bertz CT molecular complexity index is 408. The molecule has 2 aromatic rings. The first-order valence-corrected chi connectivity index (χ1v) is 6.99. The summed E-state index contributed by atoms with van der Waals surface area (Å²) in [6.07, 6.45) is 3.18. The van der Waals surface area contributed by atoms with E-state index < -0.39 is 0 Å². The highest BCUT2D eigenvalue weighted by atomic mass is 31.0. The zero-order chi connectivity index (χ0) is 12.1. The van der Waals surface area contributed by atoms with Gasteiger partial charge in [0.15, 0.2) is 0 Å². The van der Waals surface area contributed by atoms with Gasteiger partial charge in [-0.05, 0) is 41.3 Å². The van der Waals surface area contributed by atoms with Crippen LogP contribution in [0.4, 0.5) is 0 Å². The Kier molecular flexibility index (Phi) is 4.34. The van der Waals surface area contributed by atoms with Gasteiger partial charge < -0.3 is 0 Å². The minimum atomic E-state index is 1.03. The fourth-order valence-electron chi connectivity index (χ4n) is 1.92. The van der Waals surface area contributed by atoms with Crippen LogP contribution in [-0.2, 0) is 19.0 Å². The van der Waals surface area contributed by atoms with E-state index in [9.17, 15) is 0 Å². The Morgan fingerprint density at radius 3 is 1.53 bits per heavy atom. The average Bonchev–Trinajstić information content (AvgIpc) is 2.40. The van der Waals surface area contributed by atoms with E-state index in [0.29, 0.717) is 0 Å². The zero-order valence-corrected chi connectivity index (χ0v) is 11.5. The first kappa shape index (κ1) is 12.3. The zero-order valence-electron chi connectivity index (χ0n) is 10.3. The third-order valence-electron chi connectivity index (χ3n) is 3.10. The lowest BCUT2D eigenvalue weighted by Gasteiger charge is -2.04. The van der Waals surface area contributed by atoms with Gasteiger partial charge >= 0.3 is 0 Å². The second kappa shape index (κ2) is 5.98. The van der Waals surface area contributed by atoms with Crippen LogP contribution in [0.15, 0.2) is 48.5 Å². The Hall–Kier alpha value is -1.13. The Balaban J connectivity index is 2.08. The van der Waals surface area contributed by atoms with Crippen molar-refractivity contribution in [3.8, 4) is 0 Å². The van der Waals surface area contributed by atoms with E-state index in [2.05, 4.69) is 64.7 Å². The molecule has 0 heterocycles. The van der Waals surface area contributed by atoms with E-state index in [4.69, 9.17) is 0 Å². The number of hydrogen-bond donors (Lipinski definition) is 0. The summed E-state index contributed by atoms with van der Waals surface area (Å²) >= 11 is 0. The van der Waals surface area contributed by atoms with E-state index >= 15 is 0 Å². The molecule has 2 aromatic carbocycles. The highest BCUT2D eigenvalue weighted by Crippen LogP contribution is 2.13. The van der Waals surface area contributed by atoms with Gasteiger partial charge in [-0.15, -0.1) is 9.24 Å². The van der Waals surface area contributed by atoms with Crippen LogP contribution in [0.5, 0.6) is 0 Å². The van der Waals surface area contributed by atoms with Crippen molar-refractivity contribution < 1.29 is 0 Å². The Labute approximate surface area is 106 Å². The lowest BCUT2D eigenvalue weighted by Crippen LogP contribution is -1.89. The van der Waals surface area contributed by atoms with Gasteiger partial charge in [0.1, 0.15) is 0 Å². The summed E-state index contributed by atoms with van der Waals surface area (Å²) in [5, 5.41) is 0. The molecule has 0 radical (unpaired) electrons. The third-order valence-corrected chi connectivity index (χ3v) is 3.57. The lowest BCUT2D eigenvalue weighted by molar-refractivity contribution is 1.12. The first-order chi connectivity index (χ1) is 8.31. The van der Waals surface area contributed by atoms with Gasteiger partial charge in [0, 0.05) is 0 Å². The van der Waals surface area contributed by atoms with Crippen molar-refractivity contribution >= 4 is 9.24 Å². The second-order valence-corrected chi connectivity index (χ2v) is 4.78. The van der Waals surface area contributed by atoms with Crippen molar-refractivity contribution in [3.63, 3.8) is 0 Å². The molecule has 0 amide bonds. The largest absolute Gasteiger partial charge is 0.133 e. The van der Waals surface area contributed by atoms with Crippen molar-refractivity contribution in [1.29, 1.82) is 0 Å². The molecular weight excluding hydrogens is 223 g/mol. The maximum Gasteiger partial charge on any atom is -0.00258 e. The van der Waals surface area contributed by atoms with Crippen LogP contribution in [0.25, 0.3) is 0 Å². The Morgan fingerprint density at radius 1 is 0.706 bits per heavy atom. The van der Waals surface area contributed by atoms with Crippen LogP contribution in [-0.4, -0.2) is 0 Å². The third kappa shape index (κ3) is 3.41. The van der Waals surface area contributed by atoms with Crippen LogP contribution in [0, 0.1) is 0 Å². The maximum absolute atomic E-state index is 2.76. The van der Waals surface area contributed by atoms with Gasteiger partial charge in [0.25, 0.3) is 0 Å². The van der Waals surface area contributed by atoms with Crippen molar-refractivity contribution in [2.24, 2.45) is 0 Å². The van der Waals surface area contributed by atoms with E-state index in [1.54, 1.807) is 0 Å². The second-order valence-electron chi connectivity index (χ2n) is 4.37. The molecule has 0 aliphatic carbocycles. The molecule has 88 valence electrons. The molecule has 0 nitrogen and oxygen atoms in total. The summed E-state index contributed by atoms with van der Waals surface area (Å²) in [5.74, 6) is 0. The smallest absolute Gasteiger partial charge is 0.00258 e. The standard InChI is InChI=1S/C16H19P/c1-2-13-3-5-14(6-4-13)11-15-7-9-16(12-17)10-8-15/h3-10H,2,11-12,17H2,1H3.